The zero-order chi connectivity index (χ0) is 18.1. The van der Waals surface area contributed by atoms with Gasteiger partial charge in [0, 0.05) is 12.0 Å². The molecule has 1 aliphatic carbocycles. The highest BCUT2D eigenvalue weighted by molar-refractivity contribution is 7.89. The number of nitrogens with one attached hydrogen (secondary N) is 1. The Morgan fingerprint density at radius 2 is 1.84 bits per heavy atom. The van der Waals surface area contributed by atoms with Crippen molar-refractivity contribution in [3.8, 4) is 5.75 Å². The smallest absolute Gasteiger partial charge is 0.240 e. The van der Waals surface area contributed by atoms with E-state index in [9.17, 15) is 12.8 Å². The molecule has 0 aromatic heterocycles. The number of rotatable bonds is 7. The van der Waals surface area contributed by atoms with Crippen LogP contribution in [0.4, 0.5) is 4.39 Å². The van der Waals surface area contributed by atoms with Gasteiger partial charge in [-0.1, -0.05) is 12.1 Å². The van der Waals surface area contributed by atoms with Crippen LogP contribution < -0.4 is 9.46 Å². The second-order valence-corrected chi connectivity index (χ2v) is 8.24. The average molecular weight is 363 g/mol. The third-order valence-corrected chi connectivity index (χ3v) is 6.07. The van der Waals surface area contributed by atoms with Gasteiger partial charge in [0.15, 0.2) is 0 Å². The Bertz CT molecular complexity index is 859. The Morgan fingerprint density at radius 1 is 1.16 bits per heavy atom. The lowest BCUT2D eigenvalue weighted by atomic mass is 9.96. The molecule has 0 atom stereocenters. The van der Waals surface area contributed by atoms with Crippen LogP contribution in [-0.4, -0.2) is 21.6 Å². The molecule has 1 saturated carbocycles. The van der Waals surface area contributed by atoms with Gasteiger partial charge in [-0.25, -0.2) is 17.5 Å². The van der Waals surface area contributed by atoms with E-state index in [1.807, 2.05) is 13.8 Å². The van der Waals surface area contributed by atoms with E-state index in [0.29, 0.717) is 18.9 Å². The van der Waals surface area contributed by atoms with Crippen molar-refractivity contribution >= 4 is 10.0 Å². The number of aryl methyl sites for hydroxylation is 1. The minimum atomic E-state index is -3.60. The summed E-state index contributed by atoms with van der Waals surface area (Å²) >= 11 is 0. The SMILES string of the molecule is CCOc1ccc(S(=O)(=O)NCC2(c3ccc(F)cc3)CC2)cc1C. The number of sulfonamides is 1. The van der Waals surface area contributed by atoms with Crippen LogP contribution in [-0.2, 0) is 15.4 Å². The predicted octanol–water partition coefficient (Wildman–Crippen LogP) is 3.54. The molecule has 4 nitrogen and oxygen atoms in total. The van der Waals surface area contributed by atoms with Gasteiger partial charge >= 0.3 is 0 Å². The third kappa shape index (κ3) is 3.85. The van der Waals surface area contributed by atoms with Gasteiger partial charge in [0.05, 0.1) is 11.5 Å². The van der Waals surface area contributed by atoms with E-state index in [1.165, 1.54) is 12.1 Å². The standard InChI is InChI=1S/C19H22FNO3S/c1-3-24-18-9-8-17(12-14(18)2)25(22,23)21-13-19(10-11-19)15-4-6-16(20)7-5-15/h4-9,12,21H,3,10-11,13H2,1-2H3. The van der Waals surface area contributed by atoms with E-state index in [0.717, 1.165) is 24.0 Å². The summed E-state index contributed by atoms with van der Waals surface area (Å²) in [5.41, 5.74) is 1.53. The van der Waals surface area contributed by atoms with E-state index < -0.39 is 10.0 Å². The molecular formula is C19H22FNO3S. The maximum Gasteiger partial charge on any atom is 0.240 e. The highest BCUT2D eigenvalue weighted by Crippen LogP contribution is 2.47. The van der Waals surface area contributed by atoms with Crippen LogP contribution in [0, 0.1) is 12.7 Å². The Balaban J connectivity index is 1.74. The van der Waals surface area contributed by atoms with Crippen LogP contribution in [0.15, 0.2) is 47.4 Å². The summed E-state index contributed by atoms with van der Waals surface area (Å²) in [7, 11) is -3.60. The van der Waals surface area contributed by atoms with E-state index in [2.05, 4.69) is 4.72 Å². The van der Waals surface area contributed by atoms with Crippen molar-refractivity contribution in [1.29, 1.82) is 0 Å². The molecule has 0 amide bonds. The van der Waals surface area contributed by atoms with Gasteiger partial charge in [-0.2, -0.15) is 0 Å². The molecule has 0 radical (unpaired) electrons. The van der Waals surface area contributed by atoms with Crippen molar-refractivity contribution in [2.24, 2.45) is 0 Å². The topological polar surface area (TPSA) is 55.4 Å². The molecule has 0 aliphatic heterocycles. The zero-order valence-corrected chi connectivity index (χ0v) is 15.2. The number of halogens is 1. The summed E-state index contributed by atoms with van der Waals surface area (Å²) in [5, 5.41) is 0. The van der Waals surface area contributed by atoms with Gasteiger partial charge in [0.25, 0.3) is 0 Å². The van der Waals surface area contributed by atoms with Gasteiger partial charge < -0.3 is 4.74 Å². The molecule has 2 aromatic rings. The van der Waals surface area contributed by atoms with Crippen LogP contribution in [0.5, 0.6) is 5.75 Å². The maximum absolute atomic E-state index is 13.1. The van der Waals surface area contributed by atoms with Gasteiger partial charge in [-0.3, -0.25) is 0 Å². The predicted molar refractivity (Wildman–Crippen MR) is 94.8 cm³/mol. The summed E-state index contributed by atoms with van der Waals surface area (Å²) in [6.45, 7) is 4.56. The minimum absolute atomic E-state index is 0.221. The lowest BCUT2D eigenvalue weighted by molar-refractivity contribution is 0.337. The van der Waals surface area contributed by atoms with E-state index in [4.69, 9.17) is 4.74 Å². The van der Waals surface area contributed by atoms with Crippen molar-refractivity contribution in [2.45, 2.75) is 37.0 Å². The molecule has 0 spiro atoms. The first-order valence-corrected chi connectivity index (χ1v) is 9.84. The van der Waals surface area contributed by atoms with Crippen LogP contribution in [0.2, 0.25) is 0 Å². The Hall–Kier alpha value is -1.92. The fourth-order valence-electron chi connectivity index (χ4n) is 2.94. The summed E-state index contributed by atoms with van der Waals surface area (Å²) in [4.78, 5) is 0.225. The van der Waals surface area contributed by atoms with E-state index in [-0.39, 0.29) is 16.1 Å². The summed E-state index contributed by atoms with van der Waals surface area (Å²) in [6, 6.07) is 11.2. The molecule has 0 heterocycles. The third-order valence-electron chi connectivity index (χ3n) is 4.67. The highest BCUT2D eigenvalue weighted by Gasteiger charge is 2.44. The first-order valence-electron chi connectivity index (χ1n) is 8.35. The molecular weight excluding hydrogens is 341 g/mol. The summed E-state index contributed by atoms with van der Waals surface area (Å²) in [5.74, 6) is 0.399. The summed E-state index contributed by atoms with van der Waals surface area (Å²) < 4.78 is 46.5. The largest absolute Gasteiger partial charge is 0.494 e. The van der Waals surface area contributed by atoms with Crippen LogP contribution in [0.3, 0.4) is 0 Å². The average Bonchev–Trinajstić information content (AvgIpc) is 3.37. The molecule has 25 heavy (non-hydrogen) atoms. The Labute approximate surface area is 148 Å². The molecule has 0 saturated heterocycles. The minimum Gasteiger partial charge on any atom is -0.494 e. The number of hydrogen-bond acceptors (Lipinski definition) is 3. The molecule has 6 heteroatoms. The van der Waals surface area contributed by atoms with Crippen molar-refractivity contribution in [3.63, 3.8) is 0 Å². The number of ether oxygens (including phenoxy) is 1. The molecule has 0 unspecified atom stereocenters. The number of benzene rings is 2. The summed E-state index contributed by atoms with van der Waals surface area (Å²) in [6.07, 6.45) is 1.78. The normalized spacial score (nSPS) is 15.8. The lowest BCUT2D eigenvalue weighted by Gasteiger charge is -2.17. The van der Waals surface area contributed by atoms with Crippen molar-refractivity contribution in [3.05, 3.63) is 59.4 Å². The second-order valence-electron chi connectivity index (χ2n) is 6.47. The van der Waals surface area contributed by atoms with Crippen molar-refractivity contribution < 1.29 is 17.5 Å². The van der Waals surface area contributed by atoms with Crippen LogP contribution in [0.1, 0.15) is 30.9 Å². The molecule has 3 rings (SSSR count). The highest BCUT2D eigenvalue weighted by atomic mass is 32.2. The zero-order valence-electron chi connectivity index (χ0n) is 14.4. The van der Waals surface area contributed by atoms with Gasteiger partial charge in [-0.15, -0.1) is 0 Å². The van der Waals surface area contributed by atoms with Crippen LogP contribution >= 0.6 is 0 Å². The van der Waals surface area contributed by atoms with Gasteiger partial charge in [0.1, 0.15) is 11.6 Å². The second kappa shape index (κ2) is 6.77. The fourth-order valence-corrected chi connectivity index (χ4v) is 4.16. The molecule has 134 valence electrons. The number of hydrogen-bond donors (Lipinski definition) is 1. The van der Waals surface area contributed by atoms with Gasteiger partial charge in [0.2, 0.25) is 10.0 Å². The van der Waals surface area contributed by atoms with Crippen molar-refractivity contribution in [1.82, 2.24) is 4.72 Å². The van der Waals surface area contributed by atoms with Crippen molar-refractivity contribution in [2.75, 3.05) is 13.2 Å². The molecule has 2 aromatic carbocycles. The first-order chi connectivity index (χ1) is 11.9. The molecule has 1 aliphatic rings. The molecule has 0 bridgehead atoms. The maximum atomic E-state index is 13.1. The fraction of sp³-hybridized carbons (Fsp3) is 0.368. The Morgan fingerprint density at radius 3 is 2.40 bits per heavy atom. The quantitative estimate of drug-likeness (QED) is 0.819. The van der Waals surface area contributed by atoms with E-state index in [1.54, 1.807) is 30.3 Å². The van der Waals surface area contributed by atoms with Crippen LogP contribution in [0.25, 0.3) is 0 Å². The molecule has 1 N–H and O–H groups in total. The Kier molecular flexibility index (Phi) is 4.84. The monoisotopic (exact) mass is 363 g/mol. The molecule has 1 fully saturated rings. The first kappa shape index (κ1) is 17.9. The lowest BCUT2D eigenvalue weighted by Crippen LogP contribution is -2.32. The van der Waals surface area contributed by atoms with E-state index >= 15 is 0 Å². The van der Waals surface area contributed by atoms with Gasteiger partial charge in [-0.05, 0) is 68.1 Å².